The standard InChI is InChI=1S/C17H12F3N3O2S/c1-9(24)21-11-3-5-12(6-4-11)22-15(25)10-2-7-13-14(8-10)26-16(23-13)17(18,19)20/h2-8H,1H3,(H,21,24)(H,22,25). The number of halogens is 3. The van der Waals surface area contributed by atoms with Gasteiger partial charge in [-0.15, -0.1) is 11.3 Å². The van der Waals surface area contributed by atoms with Gasteiger partial charge >= 0.3 is 6.18 Å². The Balaban J connectivity index is 1.78. The Kier molecular flexibility index (Phi) is 4.64. The summed E-state index contributed by atoms with van der Waals surface area (Å²) in [6, 6.07) is 10.6. The highest BCUT2D eigenvalue weighted by Gasteiger charge is 2.34. The van der Waals surface area contributed by atoms with Gasteiger partial charge in [-0.3, -0.25) is 9.59 Å². The van der Waals surface area contributed by atoms with Crippen LogP contribution in [0.15, 0.2) is 42.5 Å². The first-order chi connectivity index (χ1) is 12.2. The number of thiazole rings is 1. The molecule has 0 saturated heterocycles. The summed E-state index contributed by atoms with van der Waals surface area (Å²) in [5.41, 5.74) is 1.49. The van der Waals surface area contributed by atoms with Crippen LogP contribution >= 0.6 is 11.3 Å². The lowest BCUT2D eigenvalue weighted by Crippen LogP contribution is -2.12. The molecule has 5 nitrogen and oxygen atoms in total. The highest BCUT2D eigenvalue weighted by atomic mass is 32.1. The molecule has 0 aliphatic rings. The average Bonchev–Trinajstić information content (AvgIpc) is 2.99. The molecule has 0 fully saturated rings. The van der Waals surface area contributed by atoms with Crippen LogP contribution in [0.25, 0.3) is 10.2 Å². The second-order valence-corrected chi connectivity index (χ2v) is 6.44. The van der Waals surface area contributed by atoms with E-state index in [1.165, 1.54) is 25.1 Å². The Bertz CT molecular complexity index is 981. The van der Waals surface area contributed by atoms with E-state index in [9.17, 15) is 22.8 Å². The molecule has 3 rings (SSSR count). The van der Waals surface area contributed by atoms with Crippen molar-refractivity contribution in [1.29, 1.82) is 0 Å². The Morgan fingerprint density at radius 3 is 2.19 bits per heavy atom. The van der Waals surface area contributed by atoms with Crippen LogP contribution in [-0.2, 0) is 11.0 Å². The van der Waals surface area contributed by atoms with Crippen molar-refractivity contribution in [3.63, 3.8) is 0 Å². The minimum absolute atomic E-state index is 0.193. The molecule has 1 aromatic heterocycles. The largest absolute Gasteiger partial charge is 0.443 e. The molecule has 1 heterocycles. The Morgan fingerprint density at radius 1 is 1.00 bits per heavy atom. The number of hydrogen-bond donors (Lipinski definition) is 2. The van der Waals surface area contributed by atoms with Gasteiger partial charge in [0.1, 0.15) is 0 Å². The van der Waals surface area contributed by atoms with Crippen molar-refractivity contribution in [2.45, 2.75) is 13.1 Å². The lowest BCUT2D eigenvalue weighted by Gasteiger charge is -2.07. The second-order valence-electron chi connectivity index (χ2n) is 5.41. The zero-order chi connectivity index (χ0) is 18.9. The fourth-order valence-electron chi connectivity index (χ4n) is 2.23. The van der Waals surface area contributed by atoms with Crippen molar-refractivity contribution in [2.24, 2.45) is 0 Å². The highest BCUT2D eigenvalue weighted by Crippen LogP contribution is 2.35. The average molecular weight is 379 g/mol. The van der Waals surface area contributed by atoms with Gasteiger partial charge in [0.2, 0.25) is 5.91 Å². The summed E-state index contributed by atoms with van der Waals surface area (Å²) in [7, 11) is 0. The Morgan fingerprint density at radius 2 is 1.62 bits per heavy atom. The number of nitrogens with one attached hydrogen (secondary N) is 2. The van der Waals surface area contributed by atoms with E-state index in [2.05, 4.69) is 15.6 Å². The molecule has 0 bridgehead atoms. The van der Waals surface area contributed by atoms with Crippen molar-refractivity contribution in [3.05, 3.63) is 53.0 Å². The molecule has 0 aliphatic carbocycles. The lowest BCUT2D eigenvalue weighted by atomic mass is 10.2. The summed E-state index contributed by atoms with van der Waals surface area (Å²) in [5, 5.41) is 4.31. The maximum Gasteiger partial charge on any atom is 0.443 e. The van der Waals surface area contributed by atoms with Gasteiger partial charge in [-0.2, -0.15) is 13.2 Å². The van der Waals surface area contributed by atoms with Crippen molar-refractivity contribution >= 4 is 44.7 Å². The van der Waals surface area contributed by atoms with Crippen LogP contribution in [0.4, 0.5) is 24.5 Å². The SMILES string of the molecule is CC(=O)Nc1ccc(NC(=O)c2ccc3nc(C(F)(F)F)sc3c2)cc1. The summed E-state index contributed by atoms with van der Waals surface area (Å²) >= 11 is 0.493. The van der Waals surface area contributed by atoms with Crippen LogP contribution in [0.3, 0.4) is 0 Å². The minimum Gasteiger partial charge on any atom is -0.326 e. The number of amides is 2. The van der Waals surface area contributed by atoms with Crippen molar-refractivity contribution in [1.82, 2.24) is 4.98 Å². The van der Waals surface area contributed by atoms with Crippen LogP contribution in [0.1, 0.15) is 22.3 Å². The molecule has 0 spiro atoms. The quantitative estimate of drug-likeness (QED) is 0.703. The maximum atomic E-state index is 12.7. The predicted octanol–water partition coefficient (Wildman–Crippen LogP) is 4.53. The fraction of sp³-hybridized carbons (Fsp3) is 0.118. The summed E-state index contributed by atoms with van der Waals surface area (Å²) in [6.45, 7) is 1.38. The van der Waals surface area contributed by atoms with Gasteiger partial charge in [0, 0.05) is 23.9 Å². The van der Waals surface area contributed by atoms with E-state index in [0.29, 0.717) is 22.7 Å². The molecule has 0 unspecified atom stereocenters. The van der Waals surface area contributed by atoms with E-state index in [1.807, 2.05) is 0 Å². The topological polar surface area (TPSA) is 71.1 Å². The lowest BCUT2D eigenvalue weighted by molar-refractivity contribution is -0.137. The van der Waals surface area contributed by atoms with Crippen LogP contribution in [-0.4, -0.2) is 16.8 Å². The molecule has 0 radical (unpaired) electrons. The number of alkyl halides is 3. The highest BCUT2D eigenvalue weighted by molar-refractivity contribution is 7.18. The molecule has 9 heteroatoms. The summed E-state index contributed by atoms with van der Waals surface area (Å²) in [6.07, 6.45) is -4.51. The third-order valence-electron chi connectivity index (χ3n) is 3.36. The number of nitrogens with zero attached hydrogens (tertiary/aromatic N) is 1. The van der Waals surface area contributed by atoms with Gasteiger partial charge in [0.25, 0.3) is 5.91 Å². The zero-order valence-electron chi connectivity index (χ0n) is 13.3. The monoisotopic (exact) mass is 379 g/mol. The number of fused-ring (bicyclic) bond motifs is 1. The minimum atomic E-state index is -4.51. The van der Waals surface area contributed by atoms with E-state index in [4.69, 9.17) is 0 Å². The van der Waals surface area contributed by atoms with Gasteiger partial charge < -0.3 is 10.6 Å². The smallest absolute Gasteiger partial charge is 0.326 e. The summed E-state index contributed by atoms with van der Waals surface area (Å²) < 4.78 is 38.5. The van der Waals surface area contributed by atoms with E-state index in [-0.39, 0.29) is 21.7 Å². The maximum absolute atomic E-state index is 12.7. The van der Waals surface area contributed by atoms with Crippen LogP contribution < -0.4 is 10.6 Å². The van der Waals surface area contributed by atoms with Crippen molar-refractivity contribution in [2.75, 3.05) is 10.6 Å². The van der Waals surface area contributed by atoms with Gasteiger partial charge in [0.05, 0.1) is 10.2 Å². The van der Waals surface area contributed by atoms with Gasteiger partial charge in [-0.1, -0.05) is 0 Å². The van der Waals surface area contributed by atoms with E-state index < -0.39 is 17.1 Å². The zero-order valence-corrected chi connectivity index (χ0v) is 14.2. The van der Waals surface area contributed by atoms with Gasteiger partial charge in [0.15, 0.2) is 5.01 Å². The van der Waals surface area contributed by atoms with E-state index >= 15 is 0 Å². The molecule has 2 aromatic carbocycles. The number of rotatable bonds is 3. The number of hydrogen-bond acceptors (Lipinski definition) is 4. The van der Waals surface area contributed by atoms with Crippen molar-refractivity contribution in [3.8, 4) is 0 Å². The molecule has 26 heavy (non-hydrogen) atoms. The first kappa shape index (κ1) is 17.9. The fourth-order valence-corrected chi connectivity index (χ4v) is 3.10. The molecule has 0 saturated carbocycles. The van der Waals surface area contributed by atoms with Crippen LogP contribution in [0.5, 0.6) is 0 Å². The molecular formula is C17H12F3N3O2S. The number of carbonyl (C=O) groups excluding carboxylic acids is 2. The van der Waals surface area contributed by atoms with Crippen LogP contribution in [0, 0.1) is 0 Å². The molecule has 134 valence electrons. The third-order valence-corrected chi connectivity index (χ3v) is 4.42. The Hall–Kier alpha value is -2.94. The van der Waals surface area contributed by atoms with Crippen molar-refractivity contribution < 1.29 is 22.8 Å². The first-order valence-corrected chi connectivity index (χ1v) is 8.21. The molecule has 2 N–H and O–H groups in total. The van der Waals surface area contributed by atoms with E-state index in [1.54, 1.807) is 24.3 Å². The second kappa shape index (κ2) is 6.75. The number of aromatic nitrogens is 1. The van der Waals surface area contributed by atoms with E-state index in [0.717, 1.165) is 0 Å². The number of benzene rings is 2. The number of carbonyl (C=O) groups is 2. The molecule has 0 aliphatic heterocycles. The molecule has 2 amide bonds. The molecular weight excluding hydrogens is 367 g/mol. The predicted molar refractivity (Wildman–Crippen MR) is 93.3 cm³/mol. The normalized spacial score (nSPS) is 11.4. The van der Waals surface area contributed by atoms with Gasteiger partial charge in [-0.25, -0.2) is 4.98 Å². The third kappa shape index (κ3) is 3.99. The Labute approximate surface area is 149 Å². The first-order valence-electron chi connectivity index (χ1n) is 7.39. The van der Waals surface area contributed by atoms with Crippen LogP contribution in [0.2, 0.25) is 0 Å². The molecule has 3 aromatic rings. The summed E-state index contributed by atoms with van der Waals surface area (Å²) in [5.74, 6) is -0.668. The van der Waals surface area contributed by atoms with Gasteiger partial charge in [-0.05, 0) is 42.5 Å². The molecule has 0 atom stereocenters. The summed E-state index contributed by atoms with van der Waals surface area (Å²) in [4.78, 5) is 26.8. The number of anilines is 2.